The molecule has 2 heteroatoms. The molecular weight excluding hydrogens is 148 g/mol. The zero-order valence-electron chi connectivity index (χ0n) is 8.90. The van der Waals surface area contributed by atoms with Crippen LogP contribution in [0.15, 0.2) is 0 Å². The van der Waals surface area contributed by atoms with Gasteiger partial charge in [0.2, 0.25) is 0 Å². The molecule has 0 aromatic heterocycles. The molecule has 74 valence electrons. The van der Waals surface area contributed by atoms with E-state index in [0.717, 1.165) is 6.54 Å². The summed E-state index contributed by atoms with van der Waals surface area (Å²) in [6, 6.07) is 0. The van der Waals surface area contributed by atoms with Crippen molar-refractivity contribution in [1.82, 2.24) is 10.2 Å². The molecule has 0 aliphatic heterocycles. The van der Waals surface area contributed by atoms with Crippen LogP contribution in [-0.2, 0) is 0 Å². The van der Waals surface area contributed by atoms with E-state index in [1.165, 1.54) is 38.9 Å². The van der Waals surface area contributed by atoms with Gasteiger partial charge in [-0.15, -0.1) is 0 Å². The highest BCUT2D eigenvalue weighted by Crippen LogP contribution is 1.95. The molecule has 1 N–H and O–H groups in total. The highest BCUT2D eigenvalue weighted by Gasteiger charge is 2.00. The quantitative estimate of drug-likeness (QED) is 0.600. The highest BCUT2D eigenvalue weighted by molar-refractivity contribution is 4.57. The van der Waals surface area contributed by atoms with Gasteiger partial charge in [0.25, 0.3) is 0 Å². The Hall–Kier alpha value is -0.0800. The molecule has 0 amide bonds. The van der Waals surface area contributed by atoms with Crippen molar-refractivity contribution in [2.45, 2.75) is 33.1 Å². The van der Waals surface area contributed by atoms with Gasteiger partial charge in [0.05, 0.1) is 0 Å². The fraction of sp³-hybridized carbons (Fsp3) is 1.00. The summed E-state index contributed by atoms with van der Waals surface area (Å²) >= 11 is 0. The van der Waals surface area contributed by atoms with Crippen molar-refractivity contribution in [3.63, 3.8) is 0 Å². The van der Waals surface area contributed by atoms with Crippen LogP contribution in [0.3, 0.4) is 0 Å². The van der Waals surface area contributed by atoms with E-state index in [1.54, 1.807) is 0 Å². The number of nitrogens with one attached hydrogen (secondary N) is 1. The van der Waals surface area contributed by atoms with Crippen LogP contribution in [-0.4, -0.2) is 38.1 Å². The molecule has 0 atom stereocenters. The predicted octanol–water partition coefficient (Wildman–Crippen LogP) is 1.72. The van der Waals surface area contributed by atoms with Crippen molar-refractivity contribution < 1.29 is 0 Å². The number of hydrogen-bond acceptors (Lipinski definition) is 2. The van der Waals surface area contributed by atoms with Gasteiger partial charge < -0.3 is 10.2 Å². The first-order valence-corrected chi connectivity index (χ1v) is 5.22. The topological polar surface area (TPSA) is 15.3 Å². The minimum Gasteiger partial charge on any atom is -0.318 e. The maximum atomic E-state index is 3.19. The Labute approximate surface area is 77.3 Å². The fourth-order valence-electron chi connectivity index (χ4n) is 1.30. The van der Waals surface area contributed by atoms with Crippen molar-refractivity contribution in [3.05, 3.63) is 0 Å². The third-order valence-electron chi connectivity index (χ3n) is 2.05. The first kappa shape index (κ1) is 11.9. The van der Waals surface area contributed by atoms with E-state index in [2.05, 4.69) is 24.1 Å². The third-order valence-corrected chi connectivity index (χ3v) is 2.05. The van der Waals surface area contributed by atoms with Crippen LogP contribution in [0.1, 0.15) is 33.1 Å². The molecule has 2 nitrogen and oxygen atoms in total. The lowest BCUT2D eigenvalue weighted by atomic mass is 10.3. The minimum atomic E-state index is 1.11. The lowest BCUT2D eigenvalue weighted by Gasteiger charge is -2.20. The summed E-state index contributed by atoms with van der Waals surface area (Å²) in [7, 11) is 2.02. The van der Waals surface area contributed by atoms with Crippen molar-refractivity contribution in [2.24, 2.45) is 0 Å². The molecule has 0 radical (unpaired) electrons. The van der Waals surface area contributed by atoms with Crippen LogP contribution in [0, 0.1) is 0 Å². The second kappa shape index (κ2) is 9.01. The third kappa shape index (κ3) is 6.62. The van der Waals surface area contributed by atoms with Gasteiger partial charge in [0.15, 0.2) is 0 Å². The normalized spacial score (nSPS) is 11.0. The zero-order valence-corrected chi connectivity index (χ0v) is 8.90. The second-order valence-electron chi connectivity index (χ2n) is 3.30. The van der Waals surface area contributed by atoms with Crippen LogP contribution >= 0.6 is 0 Å². The van der Waals surface area contributed by atoms with Crippen molar-refractivity contribution in [3.8, 4) is 0 Å². The Morgan fingerprint density at radius 1 is 1.00 bits per heavy atom. The predicted molar refractivity (Wildman–Crippen MR) is 55.6 cm³/mol. The Morgan fingerprint density at radius 2 is 1.75 bits per heavy atom. The van der Waals surface area contributed by atoms with Gasteiger partial charge in [-0.3, -0.25) is 0 Å². The number of rotatable bonds is 8. The summed E-state index contributed by atoms with van der Waals surface area (Å²) in [6.45, 7) is 9.34. The number of nitrogens with zero attached hydrogens (tertiary/aromatic N) is 1. The molecule has 12 heavy (non-hydrogen) atoms. The average molecular weight is 172 g/mol. The van der Waals surface area contributed by atoms with Gasteiger partial charge in [0.1, 0.15) is 0 Å². The molecule has 0 spiro atoms. The summed E-state index contributed by atoms with van der Waals surface area (Å²) in [5.74, 6) is 0. The molecule has 0 heterocycles. The largest absolute Gasteiger partial charge is 0.318 e. The molecule has 0 unspecified atom stereocenters. The van der Waals surface area contributed by atoms with Gasteiger partial charge in [0, 0.05) is 13.1 Å². The van der Waals surface area contributed by atoms with Crippen molar-refractivity contribution in [1.29, 1.82) is 0 Å². The maximum absolute atomic E-state index is 3.19. The molecule has 0 aliphatic rings. The van der Waals surface area contributed by atoms with Crippen molar-refractivity contribution in [2.75, 3.05) is 33.2 Å². The van der Waals surface area contributed by atoms with E-state index in [9.17, 15) is 0 Å². The van der Waals surface area contributed by atoms with E-state index in [0.29, 0.717) is 0 Å². The minimum absolute atomic E-state index is 1.11. The van der Waals surface area contributed by atoms with E-state index < -0.39 is 0 Å². The molecule has 0 fully saturated rings. The molecule has 0 saturated carbocycles. The Kier molecular flexibility index (Phi) is 8.95. The number of hydrogen-bond donors (Lipinski definition) is 1. The number of likely N-dealkylation sites (N-methyl/N-ethyl adjacent to an activating group) is 1. The Morgan fingerprint density at radius 3 is 2.25 bits per heavy atom. The smallest absolute Gasteiger partial charge is 0.0107 e. The summed E-state index contributed by atoms with van der Waals surface area (Å²) in [4.78, 5) is 2.54. The Bertz CT molecular complexity index is 75.9. The SMILES string of the molecule is CCCCN(CCC)CCNC. The molecular formula is C10H24N2. The van der Waals surface area contributed by atoms with Crippen LogP contribution in [0.25, 0.3) is 0 Å². The standard InChI is InChI=1S/C10H24N2/c1-4-6-9-12(8-5-2)10-7-11-3/h11H,4-10H2,1-3H3. The molecule has 0 rings (SSSR count). The Balaban J connectivity index is 3.40. The zero-order chi connectivity index (χ0) is 9.23. The second-order valence-corrected chi connectivity index (χ2v) is 3.30. The van der Waals surface area contributed by atoms with Crippen LogP contribution in [0.5, 0.6) is 0 Å². The van der Waals surface area contributed by atoms with Crippen LogP contribution in [0.2, 0.25) is 0 Å². The van der Waals surface area contributed by atoms with E-state index in [4.69, 9.17) is 0 Å². The number of unbranched alkanes of at least 4 members (excludes halogenated alkanes) is 1. The lowest BCUT2D eigenvalue weighted by molar-refractivity contribution is 0.271. The van der Waals surface area contributed by atoms with E-state index in [-0.39, 0.29) is 0 Å². The first-order chi connectivity index (χ1) is 5.85. The summed E-state index contributed by atoms with van der Waals surface area (Å²) < 4.78 is 0. The molecule has 0 saturated heterocycles. The monoisotopic (exact) mass is 172 g/mol. The van der Waals surface area contributed by atoms with Crippen LogP contribution in [0.4, 0.5) is 0 Å². The van der Waals surface area contributed by atoms with E-state index in [1.807, 2.05) is 7.05 Å². The summed E-state index contributed by atoms with van der Waals surface area (Å²) in [5.41, 5.74) is 0. The molecule has 0 aliphatic carbocycles. The average Bonchev–Trinajstić information content (AvgIpc) is 2.10. The van der Waals surface area contributed by atoms with Gasteiger partial charge in [-0.2, -0.15) is 0 Å². The first-order valence-electron chi connectivity index (χ1n) is 5.22. The summed E-state index contributed by atoms with van der Waals surface area (Å²) in [5, 5.41) is 3.19. The van der Waals surface area contributed by atoms with Gasteiger partial charge in [-0.25, -0.2) is 0 Å². The molecule has 0 bridgehead atoms. The lowest BCUT2D eigenvalue weighted by Crippen LogP contribution is -2.32. The van der Waals surface area contributed by atoms with Gasteiger partial charge in [-0.1, -0.05) is 20.3 Å². The highest BCUT2D eigenvalue weighted by atomic mass is 15.1. The van der Waals surface area contributed by atoms with Crippen LogP contribution < -0.4 is 5.32 Å². The van der Waals surface area contributed by atoms with Gasteiger partial charge in [-0.05, 0) is 33.0 Å². The van der Waals surface area contributed by atoms with Crippen molar-refractivity contribution >= 4 is 0 Å². The molecule has 0 aromatic carbocycles. The van der Waals surface area contributed by atoms with Gasteiger partial charge >= 0.3 is 0 Å². The molecule has 0 aromatic rings. The summed E-state index contributed by atoms with van der Waals surface area (Å²) in [6.07, 6.45) is 3.91. The maximum Gasteiger partial charge on any atom is 0.0107 e. The van der Waals surface area contributed by atoms with E-state index >= 15 is 0 Å². The fourth-order valence-corrected chi connectivity index (χ4v) is 1.30.